The number of carbonyl (C=O) groups excluding carboxylic acids is 2. The fraction of sp³-hybridized carbons (Fsp3) is 0.692. The molecule has 0 saturated heterocycles. The van der Waals surface area contributed by atoms with Crippen LogP contribution in [0.15, 0.2) is 12.2 Å². The summed E-state index contributed by atoms with van der Waals surface area (Å²) in [6.45, 7) is 2.00. The van der Waals surface area contributed by atoms with E-state index in [1.54, 1.807) is 0 Å². The van der Waals surface area contributed by atoms with Gasteiger partial charge < -0.3 is 4.74 Å². The lowest BCUT2D eigenvalue weighted by atomic mass is 9.89. The number of ketones is 1. The molecule has 0 amide bonds. The van der Waals surface area contributed by atoms with Crippen LogP contribution in [0.2, 0.25) is 0 Å². The minimum absolute atomic E-state index is 0.0496. The van der Waals surface area contributed by atoms with Crippen LogP contribution in [0.1, 0.15) is 41.7 Å². The van der Waals surface area contributed by atoms with Gasteiger partial charge in [-0.3, -0.25) is 9.59 Å². The molecular weight excluding hydrogens is 204 g/mol. The molecular formula is C13H20O3. The summed E-state index contributed by atoms with van der Waals surface area (Å²) in [6, 6.07) is 0. The third-order valence-corrected chi connectivity index (χ3v) is 2.88. The summed E-state index contributed by atoms with van der Waals surface area (Å²) in [5, 5.41) is 0. The topological polar surface area (TPSA) is 43.4 Å². The molecule has 0 bridgehead atoms. The molecule has 0 aromatic carbocycles. The third-order valence-electron chi connectivity index (χ3n) is 2.88. The summed E-state index contributed by atoms with van der Waals surface area (Å²) < 4.78 is 20.2. The predicted molar refractivity (Wildman–Crippen MR) is 61.9 cm³/mol. The molecule has 2 unspecified atom stereocenters. The van der Waals surface area contributed by atoms with Gasteiger partial charge in [0.2, 0.25) is 0 Å². The molecule has 1 saturated carbocycles. The molecule has 90 valence electrons. The standard InChI is InChI=1S/C13H20O3/c1-3-4-5-6-11-10(7-8-12(11)14)9-13(15)16-2/h4-5,10-11H,3,6-9H2,1-2H3/b5-4+/i9D2. The van der Waals surface area contributed by atoms with Crippen LogP contribution < -0.4 is 0 Å². The number of carbonyl (C=O) groups is 2. The molecule has 0 heterocycles. The van der Waals surface area contributed by atoms with Crippen molar-refractivity contribution >= 4 is 11.8 Å². The van der Waals surface area contributed by atoms with Crippen LogP contribution in [-0.2, 0) is 14.3 Å². The molecule has 1 aliphatic carbocycles. The van der Waals surface area contributed by atoms with E-state index < -0.39 is 24.2 Å². The quantitative estimate of drug-likeness (QED) is 0.534. The zero-order chi connectivity index (χ0) is 13.8. The van der Waals surface area contributed by atoms with Crippen LogP contribution in [-0.4, -0.2) is 18.9 Å². The lowest BCUT2D eigenvalue weighted by Gasteiger charge is -2.15. The van der Waals surface area contributed by atoms with Crippen LogP contribution in [0.5, 0.6) is 0 Å². The normalized spacial score (nSPS) is 28.0. The number of methoxy groups -OCH3 is 1. The Labute approximate surface area is 99.7 Å². The van der Waals surface area contributed by atoms with Gasteiger partial charge in [0.15, 0.2) is 0 Å². The predicted octanol–water partition coefficient (Wildman–Crippen LogP) is 2.50. The highest BCUT2D eigenvalue weighted by atomic mass is 16.5. The van der Waals surface area contributed by atoms with Gasteiger partial charge in [-0.1, -0.05) is 19.1 Å². The van der Waals surface area contributed by atoms with Gasteiger partial charge in [-0.05, 0) is 25.2 Å². The summed E-state index contributed by atoms with van der Waals surface area (Å²) in [7, 11) is 1.17. The van der Waals surface area contributed by atoms with E-state index in [-0.39, 0.29) is 5.78 Å². The number of rotatable bonds is 5. The second-order valence-corrected chi connectivity index (χ2v) is 3.97. The number of esters is 1. The summed E-state index contributed by atoms with van der Waals surface area (Å²) >= 11 is 0. The van der Waals surface area contributed by atoms with Crippen molar-refractivity contribution in [2.24, 2.45) is 11.8 Å². The smallest absolute Gasteiger partial charge is 0.305 e. The Morgan fingerprint density at radius 3 is 3.00 bits per heavy atom. The molecule has 2 atom stereocenters. The number of Topliss-reactive ketones (excluding diaryl/α,β-unsaturated/α-hetero) is 1. The summed E-state index contributed by atoms with van der Waals surface area (Å²) in [6.07, 6.45) is 3.94. The molecule has 0 radical (unpaired) electrons. The highest BCUT2D eigenvalue weighted by molar-refractivity contribution is 5.84. The Kier molecular flexibility index (Phi) is 4.06. The second kappa shape index (κ2) is 6.46. The molecule has 0 aromatic rings. The molecule has 0 aromatic heterocycles. The van der Waals surface area contributed by atoms with Crippen molar-refractivity contribution in [2.45, 2.75) is 39.0 Å². The van der Waals surface area contributed by atoms with Gasteiger partial charge in [0.25, 0.3) is 0 Å². The molecule has 16 heavy (non-hydrogen) atoms. The van der Waals surface area contributed by atoms with E-state index in [2.05, 4.69) is 4.74 Å². The van der Waals surface area contributed by atoms with Crippen LogP contribution in [0, 0.1) is 11.8 Å². The molecule has 1 fully saturated rings. The van der Waals surface area contributed by atoms with Gasteiger partial charge in [-0.2, -0.15) is 0 Å². The zero-order valence-electron chi connectivity index (χ0n) is 11.9. The first kappa shape index (κ1) is 10.1. The van der Waals surface area contributed by atoms with Gasteiger partial charge in [0, 0.05) is 21.5 Å². The van der Waals surface area contributed by atoms with E-state index in [1.165, 1.54) is 7.11 Å². The van der Waals surface area contributed by atoms with Crippen molar-refractivity contribution in [3.05, 3.63) is 12.2 Å². The fourth-order valence-electron chi connectivity index (χ4n) is 2.00. The van der Waals surface area contributed by atoms with E-state index >= 15 is 0 Å². The van der Waals surface area contributed by atoms with Crippen molar-refractivity contribution in [3.63, 3.8) is 0 Å². The van der Waals surface area contributed by atoms with Crippen molar-refractivity contribution in [3.8, 4) is 0 Å². The van der Waals surface area contributed by atoms with Crippen molar-refractivity contribution in [1.29, 1.82) is 0 Å². The average molecular weight is 226 g/mol. The molecule has 0 spiro atoms. The largest absolute Gasteiger partial charge is 0.469 e. The first-order valence-electron chi connectivity index (χ1n) is 6.71. The highest BCUT2D eigenvalue weighted by Gasteiger charge is 2.34. The van der Waals surface area contributed by atoms with Crippen LogP contribution in [0.4, 0.5) is 0 Å². The van der Waals surface area contributed by atoms with E-state index in [0.29, 0.717) is 19.3 Å². The zero-order valence-corrected chi connectivity index (χ0v) is 9.86. The van der Waals surface area contributed by atoms with E-state index in [0.717, 1.165) is 6.42 Å². The number of hydrogen-bond donors (Lipinski definition) is 0. The number of hydrogen-bond acceptors (Lipinski definition) is 3. The lowest BCUT2D eigenvalue weighted by Crippen LogP contribution is -2.18. The highest BCUT2D eigenvalue weighted by Crippen LogP contribution is 2.34. The summed E-state index contributed by atoms with van der Waals surface area (Å²) in [4.78, 5) is 23.3. The van der Waals surface area contributed by atoms with Crippen LogP contribution >= 0.6 is 0 Å². The van der Waals surface area contributed by atoms with E-state index in [1.807, 2.05) is 19.1 Å². The second-order valence-electron chi connectivity index (χ2n) is 3.97. The van der Waals surface area contributed by atoms with Crippen molar-refractivity contribution < 1.29 is 17.1 Å². The third kappa shape index (κ3) is 3.47. The fourth-order valence-corrected chi connectivity index (χ4v) is 2.00. The Hall–Kier alpha value is -1.12. The summed E-state index contributed by atoms with van der Waals surface area (Å²) in [5.74, 6) is -1.80. The summed E-state index contributed by atoms with van der Waals surface area (Å²) in [5.41, 5.74) is 0. The van der Waals surface area contributed by atoms with Gasteiger partial charge >= 0.3 is 5.97 Å². The SMILES string of the molecule is [2H]C([2H])(C(=O)OC)C1CCC(=O)C1C/C=C/CC. The maximum Gasteiger partial charge on any atom is 0.305 e. The molecule has 3 heteroatoms. The lowest BCUT2D eigenvalue weighted by molar-refractivity contribution is -0.142. The monoisotopic (exact) mass is 226 g/mol. The van der Waals surface area contributed by atoms with Gasteiger partial charge in [0.1, 0.15) is 5.78 Å². The Balaban J connectivity index is 2.83. The molecule has 1 aliphatic rings. The van der Waals surface area contributed by atoms with Gasteiger partial charge in [-0.25, -0.2) is 0 Å². The van der Waals surface area contributed by atoms with Gasteiger partial charge in [0.05, 0.1) is 7.11 Å². The number of ether oxygens (including phenoxy) is 1. The van der Waals surface area contributed by atoms with Gasteiger partial charge in [-0.15, -0.1) is 0 Å². The van der Waals surface area contributed by atoms with E-state index in [9.17, 15) is 9.59 Å². The van der Waals surface area contributed by atoms with E-state index in [4.69, 9.17) is 2.74 Å². The molecule has 0 N–H and O–H groups in total. The Morgan fingerprint density at radius 2 is 2.38 bits per heavy atom. The van der Waals surface area contributed by atoms with Crippen LogP contribution in [0.3, 0.4) is 0 Å². The van der Waals surface area contributed by atoms with Crippen molar-refractivity contribution in [1.82, 2.24) is 0 Å². The molecule has 0 aliphatic heterocycles. The Morgan fingerprint density at radius 1 is 1.62 bits per heavy atom. The van der Waals surface area contributed by atoms with Crippen LogP contribution in [0.25, 0.3) is 0 Å². The molecule has 1 rings (SSSR count). The number of allylic oxidation sites excluding steroid dienone is 2. The molecule has 3 nitrogen and oxygen atoms in total. The maximum absolute atomic E-state index is 11.8. The first-order chi connectivity index (χ1) is 8.45. The average Bonchev–Trinajstić information content (AvgIpc) is 2.71. The minimum atomic E-state index is -2.08. The van der Waals surface area contributed by atoms with Crippen molar-refractivity contribution in [2.75, 3.05) is 7.11 Å². The first-order valence-corrected chi connectivity index (χ1v) is 5.71. The Bertz CT molecular complexity index is 350. The maximum atomic E-state index is 11.8. The minimum Gasteiger partial charge on any atom is -0.469 e.